The van der Waals surface area contributed by atoms with E-state index in [1.165, 1.54) is 11.8 Å². The number of fused-ring (bicyclic) bond motifs is 2. The van der Waals surface area contributed by atoms with Gasteiger partial charge in [-0.1, -0.05) is 36.0 Å². The van der Waals surface area contributed by atoms with Gasteiger partial charge in [0, 0.05) is 13.2 Å². The van der Waals surface area contributed by atoms with Gasteiger partial charge in [-0.05, 0) is 44.5 Å². The van der Waals surface area contributed by atoms with Crippen LogP contribution in [-0.2, 0) is 16.1 Å². The number of hydrogen-bond donors (Lipinski definition) is 1. The van der Waals surface area contributed by atoms with E-state index in [0.29, 0.717) is 60.3 Å². The van der Waals surface area contributed by atoms with Gasteiger partial charge in [-0.25, -0.2) is 4.98 Å². The number of ether oxygens (including phenoxy) is 3. The van der Waals surface area contributed by atoms with Gasteiger partial charge < -0.3 is 19.5 Å². The Bertz CT molecular complexity index is 1200. The van der Waals surface area contributed by atoms with E-state index in [0.717, 1.165) is 0 Å². The lowest BCUT2D eigenvalue weighted by Gasteiger charge is -2.26. The maximum absolute atomic E-state index is 13.1. The average molecular weight is 484 g/mol. The lowest BCUT2D eigenvalue weighted by molar-refractivity contribution is -0.119. The monoisotopic (exact) mass is 483 g/mol. The average Bonchev–Trinajstić information content (AvgIpc) is 2.85. The second-order valence-electron chi connectivity index (χ2n) is 8.23. The van der Waals surface area contributed by atoms with Crippen molar-refractivity contribution in [3.8, 4) is 11.5 Å². The molecular formula is C25H29N3O5S. The number of aromatic nitrogens is 2. The van der Waals surface area contributed by atoms with Crippen LogP contribution in [0.2, 0.25) is 0 Å². The van der Waals surface area contributed by atoms with Gasteiger partial charge in [0.05, 0.1) is 29.3 Å². The maximum atomic E-state index is 13.1. The number of hydrogen-bond acceptors (Lipinski definition) is 7. The molecule has 9 heteroatoms. The van der Waals surface area contributed by atoms with Crippen molar-refractivity contribution in [2.24, 2.45) is 0 Å². The number of thioether (sulfide) groups is 1. The van der Waals surface area contributed by atoms with Gasteiger partial charge in [0.2, 0.25) is 5.91 Å². The molecule has 0 spiro atoms. The second-order valence-corrected chi connectivity index (χ2v) is 9.17. The molecular weight excluding hydrogens is 454 g/mol. The van der Waals surface area contributed by atoms with E-state index in [-0.39, 0.29) is 29.4 Å². The first kappa shape index (κ1) is 24.1. The van der Waals surface area contributed by atoms with Crippen molar-refractivity contribution in [2.75, 3.05) is 25.5 Å². The largest absolute Gasteiger partial charge is 0.486 e. The van der Waals surface area contributed by atoms with Crippen LogP contribution in [0.15, 0.2) is 58.5 Å². The molecule has 1 atom stereocenters. The molecule has 1 N–H and O–H groups in total. The number of rotatable bonds is 10. The summed E-state index contributed by atoms with van der Waals surface area (Å²) in [6.07, 6.45) is 0.552. The van der Waals surface area contributed by atoms with E-state index >= 15 is 0 Å². The first-order valence-electron chi connectivity index (χ1n) is 11.4. The number of nitrogens with one attached hydrogen (secondary N) is 1. The molecule has 1 aromatic heterocycles. The smallest absolute Gasteiger partial charge is 0.262 e. The molecule has 1 aliphatic rings. The fourth-order valence-electron chi connectivity index (χ4n) is 3.57. The van der Waals surface area contributed by atoms with Crippen LogP contribution in [0.4, 0.5) is 0 Å². The highest BCUT2D eigenvalue weighted by molar-refractivity contribution is 7.99. The number of carbonyl (C=O) groups is 1. The highest BCUT2D eigenvalue weighted by Gasteiger charge is 2.21. The third-order valence-electron chi connectivity index (χ3n) is 5.23. The summed E-state index contributed by atoms with van der Waals surface area (Å²) in [6, 6.07) is 14.7. The molecule has 3 aromatic rings. The molecule has 180 valence electrons. The second kappa shape index (κ2) is 11.4. The van der Waals surface area contributed by atoms with Crippen molar-refractivity contribution >= 4 is 28.6 Å². The van der Waals surface area contributed by atoms with Crippen LogP contribution in [0.1, 0.15) is 20.3 Å². The minimum atomic E-state index is -0.262. The molecule has 0 radical (unpaired) electrons. The first-order valence-corrected chi connectivity index (χ1v) is 12.4. The van der Waals surface area contributed by atoms with E-state index in [9.17, 15) is 9.59 Å². The van der Waals surface area contributed by atoms with Crippen molar-refractivity contribution < 1.29 is 19.0 Å². The predicted octanol–water partition coefficient (Wildman–Crippen LogP) is 3.26. The summed E-state index contributed by atoms with van der Waals surface area (Å²) in [4.78, 5) is 30.3. The van der Waals surface area contributed by atoms with Gasteiger partial charge in [-0.2, -0.15) is 0 Å². The van der Waals surface area contributed by atoms with Crippen molar-refractivity contribution in [2.45, 2.75) is 44.2 Å². The van der Waals surface area contributed by atoms with Gasteiger partial charge in [0.15, 0.2) is 16.7 Å². The Morgan fingerprint density at radius 2 is 1.97 bits per heavy atom. The summed E-state index contributed by atoms with van der Waals surface area (Å²) in [5, 5.41) is 3.98. The zero-order valence-corrected chi connectivity index (χ0v) is 20.2. The zero-order valence-electron chi connectivity index (χ0n) is 19.4. The number of carbonyl (C=O) groups excluding carboxylic acids is 1. The van der Waals surface area contributed by atoms with Crippen LogP contribution in [0.5, 0.6) is 11.5 Å². The SMILES string of the molecule is CC(C)OCCCn1c(SCC(=O)NCC2COc3ccccc3O2)nc2ccccc2c1=O. The molecule has 1 aliphatic heterocycles. The Labute approximate surface area is 202 Å². The highest BCUT2D eigenvalue weighted by Crippen LogP contribution is 2.30. The summed E-state index contributed by atoms with van der Waals surface area (Å²) >= 11 is 1.25. The number of benzene rings is 2. The standard InChI is InChI=1S/C25H29N3O5S/c1-17(2)31-13-7-12-28-24(30)19-8-3-4-9-20(19)27-25(28)34-16-23(29)26-14-18-15-32-21-10-5-6-11-22(21)33-18/h3-6,8-11,17-18H,7,12-16H2,1-2H3,(H,26,29). The third-order valence-corrected chi connectivity index (χ3v) is 6.21. The molecule has 0 saturated heterocycles. The van der Waals surface area contributed by atoms with Crippen LogP contribution < -0.4 is 20.3 Å². The van der Waals surface area contributed by atoms with Crippen molar-refractivity contribution in [3.63, 3.8) is 0 Å². The molecule has 0 saturated carbocycles. The lowest BCUT2D eigenvalue weighted by Crippen LogP contribution is -2.41. The number of nitrogens with zero attached hydrogens (tertiary/aromatic N) is 2. The molecule has 34 heavy (non-hydrogen) atoms. The normalized spacial score (nSPS) is 15.0. The van der Waals surface area contributed by atoms with E-state index in [1.54, 1.807) is 10.6 Å². The molecule has 4 rings (SSSR count). The number of amides is 1. The lowest BCUT2D eigenvalue weighted by atomic mass is 10.2. The molecule has 8 nitrogen and oxygen atoms in total. The Hall–Kier alpha value is -3.04. The van der Waals surface area contributed by atoms with Crippen molar-refractivity contribution in [3.05, 3.63) is 58.9 Å². The minimum Gasteiger partial charge on any atom is -0.486 e. The topological polar surface area (TPSA) is 91.7 Å². The van der Waals surface area contributed by atoms with Gasteiger partial charge in [0.25, 0.3) is 5.56 Å². The summed E-state index contributed by atoms with van der Waals surface area (Å²) in [7, 11) is 0. The Balaban J connectivity index is 1.37. The summed E-state index contributed by atoms with van der Waals surface area (Å²) in [5.41, 5.74) is 0.515. The summed E-state index contributed by atoms with van der Waals surface area (Å²) in [5.74, 6) is 1.36. The summed E-state index contributed by atoms with van der Waals surface area (Å²) in [6.45, 7) is 5.68. The predicted molar refractivity (Wildman–Crippen MR) is 132 cm³/mol. The molecule has 1 amide bonds. The molecule has 0 fully saturated rings. The molecule has 1 unspecified atom stereocenters. The Morgan fingerprint density at radius 3 is 2.79 bits per heavy atom. The van der Waals surface area contributed by atoms with Crippen LogP contribution in [-0.4, -0.2) is 53.2 Å². The van der Waals surface area contributed by atoms with Gasteiger partial charge >= 0.3 is 0 Å². The highest BCUT2D eigenvalue weighted by atomic mass is 32.2. The number of para-hydroxylation sites is 3. The van der Waals surface area contributed by atoms with Crippen LogP contribution in [0.3, 0.4) is 0 Å². The fraction of sp³-hybridized carbons (Fsp3) is 0.400. The van der Waals surface area contributed by atoms with Gasteiger partial charge in [-0.3, -0.25) is 14.2 Å². The minimum absolute atomic E-state index is 0.107. The fourth-order valence-corrected chi connectivity index (χ4v) is 4.42. The zero-order chi connectivity index (χ0) is 23.9. The van der Waals surface area contributed by atoms with Crippen LogP contribution >= 0.6 is 11.8 Å². The van der Waals surface area contributed by atoms with Crippen molar-refractivity contribution in [1.82, 2.24) is 14.9 Å². The van der Waals surface area contributed by atoms with E-state index < -0.39 is 0 Å². The quantitative estimate of drug-likeness (QED) is 0.269. The third kappa shape index (κ3) is 6.09. The van der Waals surface area contributed by atoms with E-state index in [4.69, 9.17) is 14.2 Å². The molecule has 2 heterocycles. The van der Waals surface area contributed by atoms with Gasteiger partial charge in [-0.15, -0.1) is 0 Å². The van der Waals surface area contributed by atoms with Crippen LogP contribution in [0, 0.1) is 0 Å². The van der Waals surface area contributed by atoms with Gasteiger partial charge in [0.1, 0.15) is 12.7 Å². The first-order chi connectivity index (χ1) is 16.5. The molecule has 2 aromatic carbocycles. The summed E-state index contributed by atoms with van der Waals surface area (Å²) < 4.78 is 18.8. The van der Waals surface area contributed by atoms with E-state index in [1.807, 2.05) is 56.3 Å². The molecule has 0 bridgehead atoms. The molecule has 0 aliphatic carbocycles. The van der Waals surface area contributed by atoms with Crippen molar-refractivity contribution in [1.29, 1.82) is 0 Å². The Kier molecular flexibility index (Phi) is 8.08. The maximum Gasteiger partial charge on any atom is 0.262 e. The van der Waals surface area contributed by atoms with Crippen LogP contribution in [0.25, 0.3) is 10.9 Å². The Morgan fingerprint density at radius 1 is 1.21 bits per heavy atom. The van der Waals surface area contributed by atoms with E-state index in [2.05, 4.69) is 10.3 Å².